The van der Waals surface area contributed by atoms with Crippen LogP contribution in [-0.4, -0.2) is 5.11 Å². The molecular formula is C17H20BrNO. The van der Waals surface area contributed by atoms with Crippen molar-refractivity contribution in [2.75, 3.05) is 0 Å². The first-order valence-electron chi connectivity index (χ1n) is 6.81. The molecule has 20 heavy (non-hydrogen) atoms. The van der Waals surface area contributed by atoms with E-state index in [0.717, 1.165) is 10.0 Å². The van der Waals surface area contributed by atoms with Crippen LogP contribution in [0.15, 0.2) is 53.0 Å². The Kier molecular flexibility index (Phi) is 5.35. The lowest BCUT2D eigenvalue weighted by molar-refractivity contribution is 0.281. The minimum Gasteiger partial charge on any atom is -0.392 e. The molecule has 0 aromatic heterocycles. The second-order valence-corrected chi connectivity index (χ2v) is 5.98. The third-order valence-corrected chi connectivity index (χ3v) is 3.98. The molecule has 106 valence electrons. The Hall–Kier alpha value is -1.16. The normalized spacial score (nSPS) is 14.0. The number of nitrogens with one attached hydrogen (secondary N) is 1. The minimum atomic E-state index is 0.0851. The summed E-state index contributed by atoms with van der Waals surface area (Å²) >= 11 is 3.50. The lowest BCUT2D eigenvalue weighted by Crippen LogP contribution is -2.22. The van der Waals surface area contributed by atoms with Gasteiger partial charge in [0, 0.05) is 16.6 Å². The predicted molar refractivity (Wildman–Crippen MR) is 86.5 cm³/mol. The molecule has 0 saturated heterocycles. The number of hydrogen-bond donors (Lipinski definition) is 2. The first-order chi connectivity index (χ1) is 9.60. The highest BCUT2D eigenvalue weighted by molar-refractivity contribution is 9.10. The molecule has 0 aliphatic carbocycles. The van der Waals surface area contributed by atoms with Gasteiger partial charge in [-0.25, -0.2) is 0 Å². The molecule has 0 aliphatic heterocycles. The van der Waals surface area contributed by atoms with Crippen molar-refractivity contribution in [1.29, 1.82) is 0 Å². The van der Waals surface area contributed by atoms with Crippen LogP contribution in [0.3, 0.4) is 0 Å². The second kappa shape index (κ2) is 7.02. The van der Waals surface area contributed by atoms with Gasteiger partial charge in [-0.15, -0.1) is 0 Å². The van der Waals surface area contributed by atoms with E-state index >= 15 is 0 Å². The smallest absolute Gasteiger partial charge is 0.0681 e. The van der Waals surface area contributed by atoms with E-state index in [1.165, 1.54) is 11.1 Å². The SMILES string of the molecule is CC(NC(C)c1cccc(CO)c1)c1cccc(Br)c1. The summed E-state index contributed by atoms with van der Waals surface area (Å²) in [6.07, 6.45) is 0. The fraction of sp³-hybridized carbons (Fsp3) is 0.294. The van der Waals surface area contributed by atoms with Crippen molar-refractivity contribution in [2.24, 2.45) is 0 Å². The summed E-state index contributed by atoms with van der Waals surface area (Å²) in [5, 5.41) is 12.8. The Bertz CT molecular complexity index is 570. The Morgan fingerprint density at radius 3 is 2.20 bits per heavy atom. The van der Waals surface area contributed by atoms with Crippen molar-refractivity contribution >= 4 is 15.9 Å². The number of aliphatic hydroxyl groups is 1. The third-order valence-electron chi connectivity index (χ3n) is 3.48. The van der Waals surface area contributed by atoms with Gasteiger partial charge in [-0.2, -0.15) is 0 Å². The second-order valence-electron chi connectivity index (χ2n) is 5.07. The average molecular weight is 334 g/mol. The largest absolute Gasteiger partial charge is 0.392 e. The van der Waals surface area contributed by atoms with Gasteiger partial charge in [-0.3, -0.25) is 0 Å². The van der Waals surface area contributed by atoms with Gasteiger partial charge < -0.3 is 10.4 Å². The minimum absolute atomic E-state index is 0.0851. The van der Waals surface area contributed by atoms with Crippen LogP contribution in [0, 0.1) is 0 Å². The summed E-state index contributed by atoms with van der Waals surface area (Å²) < 4.78 is 1.10. The molecule has 0 bridgehead atoms. The molecule has 0 spiro atoms. The van der Waals surface area contributed by atoms with Gasteiger partial charge in [0.25, 0.3) is 0 Å². The molecule has 0 radical (unpaired) electrons. The van der Waals surface area contributed by atoms with Crippen molar-refractivity contribution in [3.8, 4) is 0 Å². The molecule has 2 atom stereocenters. The summed E-state index contributed by atoms with van der Waals surface area (Å²) in [6, 6.07) is 16.9. The van der Waals surface area contributed by atoms with Crippen LogP contribution in [0.4, 0.5) is 0 Å². The number of halogens is 1. The van der Waals surface area contributed by atoms with Crippen LogP contribution in [0.2, 0.25) is 0 Å². The highest BCUT2D eigenvalue weighted by Crippen LogP contribution is 2.22. The highest BCUT2D eigenvalue weighted by Gasteiger charge is 2.11. The number of aliphatic hydroxyl groups excluding tert-OH is 1. The number of rotatable bonds is 5. The van der Waals surface area contributed by atoms with Crippen LogP contribution >= 0.6 is 15.9 Å². The van der Waals surface area contributed by atoms with Crippen molar-refractivity contribution in [1.82, 2.24) is 5.32 Å². The van der Waals surface area contributed by atoms with E-state index in [4.69, 9.17) is 0 Å². The number of benzene rings is 2. The summed E-state index contributed by atoms with van der Waals surface area (Å²) in [6.45, 7) is 4.39. The van der Waals surface area contributed by atoms with Crippen molar-refractivity contribution in [3.05, 3.63) is 69.7 Å². The first kappa shape index (κ1) is 15.2. The van der Waals surface area contributed by atoms with Crippen LogP contribution in [-0.2, 0) is 6.61 Å². The maximum absolute atomic E-state index is 9.21. The molecule has 2 aromatic carbocycles. The number of hydrogen-bond acceptors (Lipinski definition) is 2. The van der Waals surface area contributed by atoms with E-state index < -0.39 is 0 Å². The summed E-state index contributed by atoms with van der Waals surface area (Å²) in [4.78, 5) is 0. The van der Waals surface area contributed by atoms with Gasteiger partial charge in [-0.05, 0) is 42.7 Å². The molecule has 3 heteroatoms. The fourth-order valence-corrected chi connectivity index (χ4v) is 2.72. The first-order valence-corrected chi connectivity index (χ1v) is 7.60. The fourth-order valence-electron chi connectivity index (χ4n) is 2.30. The summed E-state index contributed by atoms with van der Waals surface area (Å²) in [5.74, 6) is 0. The molecule has 0 fully saturated rings. The Morgan fingerprint density at radius 2 is 1.60 bits per heavy atom. The van der Waals surface area contributed by atoms with Crippen molar-refractivity contribution < 1.29 is 5.11 Å². The zero-order chi connectivity index (χ0) is 14.5. The quantitative estimate of drug-likeness (QED) is 0.852. The van der Waals surface area contributed by atoms with E-state index in [0.29, 0.717) is 0 Å². The molecule has 2 unspecified atom stereocenters. The predicted octanol–water partition coefficient (Wildman–Crippen LogP) is 4.35. The highest BCUT2D eigenvalue weighted by atomic mass is 79.9. The van der Waals surface area contributed by atoms with Crippen molar-refractivity contribution in [2.45, 2.75) is 32.5 Å². The van der Waals surface area contributed by atoms with Gasteiger partial charge in [0.15, 0.2) is 0 Å². The van der Waals surface area contributed by atoms with Crippen LogP contribution in [0.25, 0.3) is 0 Å². The molecule has 0 amide bonds. The van der Waals surface area contributed by atoms with Gasteiger partial charge in [0.05, 0.1) is 6.61 Å². The molecule has 2 N–H and O–H groups in total. The molecule has 2 rings (SSSR count). The monoisotopic (exact) mass is 333 g/mol. The van der Waals surface area contributed by atoms with Crippen molar-refractivity contribution in [3.63, 3.8) is 0 Å². The summed E-state index contributed by atoms with van der Waals surface area (Å²) in [5.41, 5.74) is 3.40. The van der Waals surface area contributed by atoms with E-state index in [-0.39, 0.29) is 18.7 Å². The van der Waals surface area contributed by atoms with E-state index in [1.54, 1.807) is 0 Å². The van der Waals surface area contributed by atoms with Crippen LogP contribution in [0.1, 0.15) is 42.6 Å². The van der Waals surface area contributed by atoms with Crippen LogP contribution in [0.5, 0.6) is 0 Å². The van der Waals surface area contributed by atoms with E-state index in [9.17, 15) is 5.11 Å². The molecule has 2 nitrogen and oxygen atoms in total. The zero-order valence-corrected chi connectivity index (χ0v) is 13.4. The molecular weight excluding hydrogens is 314 g/mol. The third kappa shape index (κ3) is 3.92. The Balaban J connectivity index is 2.08. The van der Waals surface area contributed by atoms with E-state index in [1.807, 2.05) is 24.3 Å². The van der Waals surface area contributed by atoms with Gasteiger partial charge in [-0.1, -0.05) is 52.3 Å². The lowest BCUT2D eigenvalue weighted by atomic mass is 10.0. The van der Waals surface area contributed by atoms with Crippen LogP contribution < -0.4 is 5.32 Å². The average Bonchev–Trinajstić information content (AvgIpc) is 2.47. The van der Waals surface area contributed by atoms with Gasteiger partial charge in [0.2, 0.25) is 0 Å². The maximum atomic E-state index is 9.21. The Labute approximate surface area is 129 Å². The molecule has 2 aromatic rings. The zero-order valence-electron chi connectivity index (χ0n) is 11.8. The summed E-state index contributed by atoms with van der Waals surface area (Å²) in [7, 11) is 0. The Morgan fingerprint density at radius 1 is 1.00 bits per heavy atom. The van der Waals surface area contributed by atoms with Gasteiger partial charge >= 0.3 is 0 Å². The molecule has 0 heterocycles. The molecule has 0 saturated carbocycles. The topological polar surface area (TPSA) is 32.3 Å². The maximum Gasteiger partial charge on any atom is 0.0681 e. The van der Waals surface area contributed by atoms with E-state index in [2.05, 4.69) is 59.4 Å². The van der Waals surface area contributed by atoms with Gasteiger partial charge in [0.1, 0.15) is 0 Å². The lowest BCUT2D eigenvalue weighted by Gasteiger charge is -2.21. The molecule has 0 aliphatic rings. The standard InChI is InChI=1S/C17H20BrNO/c1-12(15-6-3-5-14(9-15)11-20)19-13(2)16-7-4-8-17(18)10-16/h3-10,12-13,19-20H,11H2,1-2H3.